The smallest absolute Gasteiger partial charge is 0.238 e. The molecule has 4 nitrogen and oxygen atoms in total. The van der Waals surface area contributed by atoms with Crippen LogP contribution < -0.4 is 10.1 Å². The number of halogens is 1. The lowest BCUT2D eigenvalue weighted by molar-refractivity contribution is -0.117. The van der Waals surface area contributed by atoms with Gasteiger partial charge in [0.1, 0.15) is 11.6 Å². The molecule has 1 aliphatic rings. The zero-order valence-corrected chi connectivity index (χ0v) is 14.6. The molecule has 25 heavy (non-hydrogen) atoms. The molecule has 0 aliphatic heterocycles. The molecule has 1 amide bonds. The molecular weight excluding hydrogens is 319 g/mol. The minimum Gasteiger partial charge on any atom is -0.495 e. The van der Waals surface area contributed by atoms with Gasteiger partial charge in [-0.1, -0.05) is 24.3 Å². The Balaban J connectivity index is 1.68. The topological polar surface area (TPSA) is 41.6 Å². The Morgan fingerprint density at radius 3 is 2.72 bits per heavy atom. The second kappa shape index (κ2) is 7.66. The molecule has 1 N–H and O–H groups in total. The van der Waals surface area contributed by atoms with Gasteiger partial charge < -0.3 is 10.1 Å². The maximum atomic E-state index is 13.9. The summed E-state index contributed by atoms with van der Waals surface area (Å²) in [6.07, 6.45) is 2.10. The number of aryl methyl sites for hydroxylation is 1. The van der Waals surface area contributed by atoms with Crippen LogP contribution in [0.4, 0.5) is 10.1 Å². The number of anilines is 1. The predicted molar refractivity (Wildman–Crippen MR) is 96.2 cm³/mol. The van der Waals surface area contributed by atoms with Gasteiger partial charge in [-0.15, -0.1) is 0 Å². The average molecular weight is 342 g/mol. The van der Waals surface area contributed by atoms with Crippen LogP contribution in [0.5, 0.6) is 5.75 Å². The van der Waals surface area contributed by atoms with E-state index in [0.717, 1.165) is 18.4 Å². The standard InChI is InChI=1S/C20H23FN2O2/c1-14-7-10-19(25-2)18(11-14)22-20(24)13-23(16-8-9-16)12-15-5-3-4-6-17(15)21/h3-7,10-11,16H,8-9,12-13H2,1-2H3,(H,22,24). The lowest BCUT2D eigenvalue weighted by atomic mass is 10.2. The van der Waals surface area contributed by atoms with E-state index in [4.69, 9.17) is 4.74 Å². The maximum absolute atomic E-state index is 13.9. The summed E-state index contributed by atoms with van der Waals surface area (Å²) in [7, 11) is 1.58. The second-order valence-corrected chi connectivity index (χ2v) is 6.48. The maximum Gasteiger partial charge on any atom is 0.238 e. The molecular formula is C20H23FN2O2. The molecule has 3 rings (SSSR count). The van der Waals surface area contributed by atoms with Gasteiger partial charge in [0, 0.05) is 18.2 Å². The first-order chi connectivity index (χ1) is 12.1. The van der Waals surface area contributed by atoms with Gasteiger partial charge in [-0.3, -0.25) is 9.69 Å². The van der Waals surface area contributed by atoms with Crippen LogP contribution in [0.3, 0.4) is 0 Å². The minimum atomic E-state index is -0.228. The Morgan fingerprint density at radius 1 is 1.28 bits per heavy atom. The fraction of sp³-hybridized carbons (Fsp3) is 0.350. The van der Waals surface area contributed by atoms with Gasteiger partial charge in [0.25, 0.3) is 0 Å². The van der Waals surface area contributed by atoms with Crippen molar-refractivity contribution in [1.29, 1.82) is 0 Å². The van der Waals surface area contributed by atoms with Crippen molar-refractivity contribution in [3.8, 4) is 5.75 Å². The summed E-state index contributed by atoms with van der Waals surface area (Å²) in [4.78, 5) is 14.5. The number of rotatable bonds is 7. The lowest BCUT2D eigenvalue weighted by Crippen LogP contribution is -2.34. The van der Waals surface area contributed by atoms with Gasteiger partial charge >= 0.3 is 0 Å². The Bertz CT molecular complexity index is 759. The molecule has 0 atom stereocenters. The number of methoxy groups -OCH3 is 1. The number of nitrogens with zero attached hydrogens (tertiary/aromatic N) is 1. The van der Waals surface area contributed by atoms with E-state index in [1.54, 1.807) is 19.2 Å². The van der Waals surface area contributed by atoms with E-state index >= 15 is 0 Å². The first-order valence-corrected chi connectivity index (χ1v) is 8.49. The van der Waals surface area contributed by atoms with E-state index in [-0.39, 0.29) is 18.3 Å². The van der Waals surface area contributed by atoms with Crippen molar-refractivity contribution >= 4 is 11.6 Å². The predicted octanol–water partition coefficient (Wildman–Crippen LogP) is 3.75. The number of carbonyl (C=O) groups excluding carboxylic acids is 1. The van der Waals surface area contributed by atoms with Crippen LogP contribution in [0.1, 0.15) is 24.0 Å². The average Bonchev–Trinajstić information content (AvgIpc) is 3.41. The van der Waals surface area contributed by atoms with Gasteiger partial charge in [-0.05, 0) is 43.5 Å². The van der Waals surface area contributed by atoms with Crippen molar-refractivity contribution in [1.82, 2.24) is 4.90 Å². The van der Waals surface area contributed by atoms with Crippen molar-refractivity contribution in [2.75, 3.05) is 19.0 Å². The third-order valence-corrected chi connectivity index (χ3v) is 4.37. The van der Waals surface area contributed by atoms with Gasteiger partial charge in [-0.25, -0.2) is 4.39 Å². The first-order valence-electron chi connectivity index (χ1n) is 8.49. The van der Waals surface area contributed by atoms with Crippen molar-refractivity contribution in [2.24, 2.45) is 0 Å². The molecule has 0 heterocycles. The molecule has 132 valence electrons. The Labute approximate surface area is 147 Å². The fourth-order valence-corrected chi connectivity index (χ4v) is 2.89. The van der Waals surface area contributed by atoms with Crippen LogP contribution in [-0.4, -0.2) is 30.5 Å². The number of amides is 1. The summed E-state index contributed by atoms with van der Waals surface area (Å²) in [5.41, 5.74) is 2.32. The zero-order valence-electron chi connectivity index (χ0n) is 14.6. The van der Waals surface area contributed by atoms with Crippen LogP contribution in [0, 0.1) is 12.7 Å². The highest BCUT2D eigenvalue weighted by atomic mass is 19.1. The molecule has 0 bridgehead atoms. The first kappa shape index (κ1) is 17.4. The normalized spacial score (nSPS) is 13.8. The Morgan fingerprint density at radius 2 is 2.04 bits per heavy atom. The minimum absolute atomic E-state index is 0.118. The zero-order chi connectivity index (χ0) is 17.8. The molecule has 2 aromatic rings. The number of hydrogen-bond acceptors (Lipinski definition) is 3. The van der Waals surface area contributed by atoms with E-state index < -0.39 is 0 Å². The number of carbonyl (C=O) groups is 1. The summed E-state index contributed by atoms with van der Waals surface area (Å²) in [6, 6.07) is 12.7. The lowest BCUT2D eigenvalue weighted by Gasteiger charge is -2.22. The Kier molecular flexibility index (Phi) is 5.34. The van der Waals surface area contributed by atoms with Crippen LogP contribution in [0.2, 0.25) is 0 Å². The molecule has 0 radical (unpaired) electrons. The molecule has 0 unspecified atom stereocenters. The third kappa shape index (κ3) is 4.57. The quantitative estimate of drug-likeness (QED) is 0.833. The summed E-state index contributed by atoms with van der Waals surface area (Å²) < 4.78 is 19.2. The number of hydrogen-bond donors (Lipinski definition) is 1. The van der Waals surface area contributed by atoms with Crippen molar-refractivity contribution in [2.45, 2.75) is 32.4 Å². The van der Waals surface area contributed by atoms with Crippen molar-refractivity contribution in [3.63, 3.8) is 0 Å². The molecule has 1 aliphatic carbocycles. The second-order valence-electron chi connectivity index (χ2n) is 6.48. The summed E-state index contributed by atoms with van der Waals surface area (Å²) in [5, 5.41) is 2.92. The van der Waals surface area contributed by atoms with E-state index in [9.17, 15) is 9.18 Å². The van der Waals surface area contributed by atoms with Crippen molar-refractivity contribution < 1.29 is 13.9 Å². The largest absolute Gasteiger partial charge is 0.495 e. The molecule has 2 aromatic carbocycles. The molecule has 1 fully saturated rings. The van der Waals surface area contributed by atoms with Crippen LogP contribution in [-0.2, 0) is 11.3 Å². The highest BCUT2D eigenvalue weighted by Gasteiger charge is 2.30. The highest BCUT2D eigenvalue weighted by molar-refractivity contribution is 5.93. The molecule has 0 spiro atoms. The van der Waals surface area contributed by atoms with Gasteiger partial charge in [0.2, 0.25) is 5.91 Å². The van der Waals surface area contributed by atoms with Gasteiger partial charge in [-0.2, -0.15) is 0 Å². The van der Waals surface area contributed by atoms with Crippen LogP contribution in [0.25, 0.3) is 0 Å². The highest BCUT2D eigenvalue weighted by Crippen LogP contribution is 2.29. The monoisotopic (exact) mass is 342 g/mol. The summed E-state index contributed by atoms with van der Waals surface area (Å²) in [6.45, 7) is 2.63. The van der Waals surface area contributed by atoms with Gasteiger partial charge in [0.05, 0.1) is 19.3 Å². The molecule has 1 saturated carbocycles. The number of benzene rings is 2. The van der Waals surface area contributed by atoms with E-state index in [2.05, 4.69) is 5.32 Å². The number of ether oxygens (including phenoxy) is 1. The molecule has 0 saturated heterocycles. The summed E-state index contributed by atoms with van der Waals surface area (Å²) in [5.74, 6) is 0.284. The van der Waals surface area contributed by atoms with Crippen LogP contribution >= 0.6 is 0 Å². The fourth-order valence-electron chi connectivity index (χ4n) is 2.89. The summed E-state index contributed by atoms with van der Waals surface area (Å²) >= 11 is 0. The van der Waals surface area contributed by atoms with E-state index in [1.165, 1.54) is 6.07 Å². The third-order valence-electron chi connectivity index (χ3n) is 4.37. The molecule has 5 heteroatoms. The van der Waals surface area contributed by atoms with Crippen LogP contribution in [0.15, 0.2) is 42.5 Å². The van der Waals surface area contributed by atoms with E-state index in [1.807, 2.05) is 36.1 Å². The van der Waals surface area contributed by atoms with Crippen molar-refractivity contribution in [3.05, 3.63) is 59.4 Å². The SMILES string of the molecule is COc1ccc(C)cc1NC(=O)CN(Cc1ccccc1F)C1CC1. The van der Waals surface area contributed by atoms with E-state index in [0.29, 0.717) is 29.6 Å². The number of nitrogens with one attached hydrogen (secondary N) is 1. The Hall–Kier alpha value is -2.40. The molecule has 0 aromatic heterocycles. The van der Waals surface area contributed by atoms with Gasteiger partial charge in [0.15, 0.2) is 0 Å².